The maximum Gasteiger partial charge on any atom is 0.259 e. The van der Waals surface area contributed by atoms with Crippen LogP contribution in [0, 0.1) is 11.8 Å². The number of hydrogen-bond donors (Lipinski definition) is 3. The van der Waals surface area contributed by atoms with Crippen LogP contribution in [0.2, 0.25) is 0 Å². The highest BCUT2D eigenvalue weighted by molar-refractivity contribution is 6.10. The molecule has 3 fully saturated rings. The minimum Gasteiger partial charge on any atom is -0.507 e. The number of rotatable bonds is 6. The molecular formula is C26H28N6O3. The van der Waals surface area contributed by atoms with Gasteiger partial charge >= 0.3 is 0 Å². The lowest BCUT2D eigenvalue weighted by Gasteiger charge is -2.51. The lowest BCUT2D eigenvalue weighted by Crippen LogP contribution is -2.55. The summed E-state index contributed by atoms with van der Waals surface area (Å²) in [5.41, 5.74) is 10.7. The Morgan fingerprint density at radius 1 is 1.34 bits per heavy atom. The SMILES string of the molecule is CC[C@H]1CN2CC[C@H]1C[C@@H]2[C@@H](O)c1ccnc2c(NC(=O)c3ccc(N=[N+]=[N-])cc3O)cccc12. The molecule has 5 atom stereocenters. The number of nitrogens with zero attached hydrogens (tertiary/aromatic N) is 5. The summed E-state index contributed by atoms with van der Waals surface area (Å²) in [5, 5.41) is 28.7. The molecule has 3 saturated heterocycles. The first-order valence-corrected chi connectivity index (χ1v) is 12.0. The Bertz CT molecular complexity index is 1320. The smallest absolute Gasteiger partial charge is 0.259 e. The number of fused-ring (bicyclic) bond motifs is 4. The summed E-state index contributed by atoms with van der Waals surface area (Å²) in [7, 11) is 0. The largest absolute Gasteiger partial charge is 0.507 e. The number of aliphatic hydroxyl groups is 1. The number of aromatic hydroxyl groups is 1. The van der Waals surface area contributed by atoms with Gasteiger partial charge in [-0.05, 0) is 66.6 Å². The van der Waals surface area contributed by atoms with Crippen molar-refractivity contribution < 1.29 is 15.0 Å². The number of carbonyl (C=O) groups is 1. The average molecular weight is 473 g/mol. The highest BCUT2D eigenvalue weighted by atomic mass is 16.3. The Hall–Kier alpha value is -3.65. The van der Waals surface area contributed by atoms with Crippen LogP contribution in [0.3, 0.4) is 0 Å². The Balaban J connectivity index is 1.42. The van der Waals surface area contributed by atoms with E-state index in [1.807, 2.05) is 18.2 Å². The molecule has 2 bridgehead atoms. The first-order chi connectivity index (χ1) is 17.0. The van der Waals surface area contributed by atoms with Crippen LogP contribution in [0.25, 0.3) is 21.3 Å². The predicted molar refractivity (Wildman–Crippen MR) is 133 cm³/mol. The van der Waals surface area contributed by atoms with E-state index >= 15 is 0 Å². The van der Waals surface area contributed by atoms with E-state index in [-0.39, 0.29) is 23.0 Å². The van der Waals surface area contributed by atoms with Crippen molar-refractivity contribution in [2.24, 2.45) is 17.0 Å². The molecule has 3 aliphatic rings. The molecule has 1 aromatic heterocycles. The molecule has 9 nitrogen and oxygen atoms in total. The number of phenolic OH excluding ortho intramolecular Hbond substituents is 1. The van der Waals surface area contributed by atoms with Crippen LogP contribution >= 0.6 is 0 Å². The third-order valence-corrected chi connectivity index (χ3v) is 7.58. The van der Waals surface area contributed by atoms with E-state index in [0.717, 1.165) is 30.5 Å². The molecule has 4 heterocycles. The number of anilines is 1. The second-order valence-corrected chi connectivity index (χ2v) is 9.41. The molecule has 0 spiro atoms. The number of piperidine rings is 3. The highest BCUT2D eigenvalue weighted by Crippen LogP contribution is 2.43. The number of pyridine rings is 1. The topological polar surface area (TPSA) is 134 Å². The van der Waals surface area contributed by atoms with E-state index in [2.05, 4.69) is 32.2 Å². The van der Waals surface area contributed by atoms with Crippen LogP contribution in [0.5, 0.6) is 5.75 Å². The zero-order valence-electron chi connectivity index (χ0n) is 19.5. The Labute approximate surface area is 203 Å². The third kappa shape index (κ3) is 4.30. The summed E-state index contributed by atoms with van der Waals surface area (Å²) in [6.07, 6.45) is 4.38. The number of para-hydroxylation sites is 1. The van der Waals surface area contributed by atoms with Crippen LogP contribution in [0.15, 0.2) is 53.8 Å². The van der Waals surface area contributed by atoms with Crippen molar-refractivity contribution in [1.82, 2.24) is 9.88 Å². The fraction of sp³-hybridized carbons (Fsp3) is 0.385. The van der Waals surface area contributed by atoms with E-state index in [1.54, 1.807) is 12.3 Å². The number of aromatic nitrogens is 1. The number of benzene rings is 2. The second-order valence-electron chi connectivity index (χ2n) is 9.41. The van der Waals surface area contributed by atoms with Gasteiger partial charge in [0.2, 0.25) is 0 Å². The molecule has 2 aromatic carbocycles. The molecule has 1 unspecified atom stereocenters. The van der Waals surface area contributed by atoms with E-state index in [1.165, 1.54) is 31.0 Å². The molecule has 35 heavy (non-hydrogen) atoms. The fourth-order valence-corrected chi connectivity index (χ4v) is 5.75. The maximum atomic E-state index is 12.9. The van der Waals surface area contributed by atoms with Gasteiger partial charge in [0, 0.05) is 34.8 Å². The number of amides is 1. The number of aliphatic hydroxyl groups excluding tert-OH is 1. The minimum atomic E-state index is -0.649. The molecule has 0 radical (unpaired) electrons. The van der Waals surface area contributed by atoms with Crippen LogP contribution in [-0.2, 0) is 0 Å². The van der Waals surface area contributed by atoms with Crippen molar-refractivity contribution in [3.05, 3.63) is 70.2 Å². The molecule has 9 heteroatoms. The van der Waals surface area contributed by atoms with E-state index in [0.29, 0.717) is 23.0 Å². The number of carbonyl (C=O) groups excluding carboxylic acids is 1. The summed E-state index contributed by atoms with van der Waals surface area (Å²) in [6.45, 7) is 4.31. The summed E-state index contributed by atoms with van der Waals surface area (Å²) >= 11 is 0. The number of phenols is 1. The lowest BCUT2D eigenvalue weighted by molar-refractivity contribution is -0.0562. The van der Waals surface area contributed by atoms with Crippen LogP contribution in [0.4, 0.5) is 11.4 Å². The second kappa shape index (κ2) is 9.54. The zero-order chi connectivity index (χ0) is 24.5. The lowest BCUT2D eigenvalue weighted by atomic mass is 9.72. The number of hydrogen-bond acceptors (Lipinski definition) is 6. The quantitative estimate of drug-likeness (QED) is 0.255. The van der Waals surface area contributed by atoms with Gasteiger partial charge in [-0.1, -0.05) is 36.7 Å². The van der Waals surface area contributed by atoms with Gasteiger partial charge in [-0.25, -0.2) is 0 Å². The molecule has 3 aliphatic heterocycles. The third-order valence-electron chi connectivity index (χ3n) is 7.58. The van der Waals surface area contributed by atoms with Crippen molar-refractivity contribution in [1.29, 1.82) is 0 Å². The molecule has 1 amide bonds. The summed E-state index contributed by atoms with van der Waals surface area (Å²) in [4.78, 5) is 22.5. The fourth-order valence-electron chi connectivity index (χ4n) is 5.75. The molecule has 0 aliphatic carbocycles. The van der Waals surface area contributed by atoms with Crippen molar-refractivity contribution in [2.45, 2.75) is 38.3 Å². The van der Waals surface area contributed by atoms with E-state index < -0.39 is 12.0 Å². The van der Waals surface area contributed by atoms with Crippen molar-refractivity contribution in [3.8, 4) is 5.75 Å². The van der Waals surface area contributed by atoms with Gasteiger partial charge in [0.1, 0.15) is 5.75 Å². The Morgan fingerprint density at radius 3 is 2.91 bits per heavy atom. The summed E-state index contributed by atoms with van der Waals surface area (Å²) in [6, 6.07) is 11.5. The van der Waals surface area contributed by atoms with E-state index in [9.17, 15) is 15.0 Å². The normalized spacial score (nSPS) is 24.1. The standard InChI is InChI=1S/C26H28N6O3/c1-2-15-14-32-11-9-16(15)12-22(32)25(34)19-8-10-28-24-18(19)4-3-5-21(24)29-26(35)20-7-6-17(30-31-27)13-23(20)33/h3-8,10,13,15-16,22,25,33-34H,2,9,11-12,14H2,1H3,(H,29,35)/t15-,16-,22+,25-/m0/s1. The molecular weight excluding hydrogens is 444 g/mol. The van der Waals surface area contributed by atoms with Gasteiger partial charge in [-0.15, -0.1) is 0 Å². The van der Waals surface area contributed by atoms with Gasteiger partial charge in [0.05, 0.1) is 22.9 Å². The first-order valence-electron chi connectivity index (χ1n) is 12.0. The molecule has 6 rings (SSSR count). The number of nitrogens with one attached hydrogen (secondary N) is 1. The summed E-state index contributed by atoms with van der Waals surface area (Å²) in [5.74, 6) is 0.561. The van der Waals surface area contributed by atoms with Crippen molar-refractivity contribution in [2.75, 3.05) is 18.4 Å². The predicted octanol–water partition coefficient (Wildman–Crippen LogP) is 5.29. The van der Waals surface area contributed by atoms with Crippen LogP contribution < -0.4 is 5.32 Å². The Kier molecular flexibility index (Phi) is 6.30. The maximum absolute atomic E-state index is 12.9. The van der Waals surface area contributed by atoms with Gasteiger partial charge in [0.25, 0.3) is 5.91 Å². The van der Waals surface area contributed by atoms with Crippen molar-refractivity contribution in [3.63, 3.8) is 0 Å². The molecule has 0 saturated carbocycles. The van der Waals surface area contributed by atoms with Gasteiger partial charge in [-0.2, -0.15) is 0 Å². The van der Waals surface area contributed by atoms with Crippen LogP contribution in [0.1, 0.15) is 48.2 Å². The first kappa shape index (κ1) is 23.1. The average Bonchev–Trinajstić information content (AvgIpc) is 2.88. The van der Waals surface area contributed by atoms with Crippen molar-refractivity contribution >= 4 is 28.2 Å². The number of azide groups is 1. The Morgan fingerprint density at radius 2 is 2.20 bits per heavy atom. The van der Waals surface area contributed by atoms with Crippen LogP contribution in [-0.4, -0.2) is 45.1 Å². The highest BCUT2D eigenvalue weighted by Gasteiger charge is 2.42. The van der Waals surface area contributed by atoms with Gasteiger partial charge in [0.15, 0.2) is 0 Å². The monoisotopic (exact) mass is 472 g/mol. The molecule has 3 aromatic rings. The summed E-state index contributed by atoms with van der Waals surface area (Å²) < 4.78 is 0. The minimum absolute atomic E-state index is 0.0478. The van der Waals surface area contributed by atoms with E-state index in [4.69, 9.17) is 5.53 Å². The van der Waals surface area contributed by atoms with Gasteiger partial charge in [-0.3, -0.25) is 14.7 Å². The molecule has 3 N–H and O–H groups in total. The van der Waals surface area contributed by atoms with Gasteiger partial charge < -0.3 is 15.5 Å². The zero-order valence-corrected chi connectivity index (χ0v) is 19.5. The molecule has 180 valence electrons.